The second-order valence-corrected chi connectivity index (χ2v) is 7.91. The number of piperazine rings is 1. The van der Waals surface area contributed by atoms with Crippen molar-refractivity contribution in [2.24, 2.45) is 0 Å². The minimum absolute atomic E-state index is 0.0266. The third-order valence-corrected chi connectivity index (χ3v) is 5.81. The molecule has 1 fully saturated rings. The van der Waals surface area contributed by atoms with Gasteiger partial charge >= 0.3 is 0 Å². The Labute approximate surface area is 180 Å². The van der Waals surface area contributed by atoms with Gasteiger partial charge < -0.3 is 14.4 Å². The van der Waals surface area contributed by atoms with Crippen LogP contribution in [0.15, 0.2) is 59.4 Å². The van der Waals surface area contributed by atoms with Crippen molar-refractivity contribution in [3.05, 3.63) is 76.2 Å². The number of aromatic nitrogens is 1. The van der Waals surface area contributed by atoms with Crippen LogP contribution in [0.25, 0.3) is 0 Å². The fraction of sp³-hybridized carbons (Fsp3) is 0.304. The van der Waals surface area contributed by atoms with Crippen molar-refractivity contribution in [1.29, 1.82) is 0 Å². The van der Waals surface area contributed by atoms with E-state index in [1.54, 1.807) is 30.8 Å². The SMILES string of the molecule is COc1cc(C(=O)N2CCN(Cc3ccccc3)CC2)ccc1OCc1cscn1. The first kappa shape index (κ1) is 20.4. The van der Waals surface area contributed by atoms with Crippen LogP contribution in [-0.2, 0) is 13.2 Å². The molecule has 3 aromatic rings. The number of thiazole rings is 1. The molecule has 0 bridgehead atoms. The van der Waals surface area contributed by atoms with E-state index in [4.69, 9.17) is 9.47 Å². The molecule has 30 heavy (non-hydrogen) atoms. The molecule has 0 saturated carbocycles. The molecule has 1 aromatic heterocycles. The van der Waals surface area contributed by atoms with Gasteiger partial charge in [-0.25, -0.2) is 4.98 Å². The summed E-state index contributed by atoms with van der Waals surface area (Å²) >= 11 is 1.53. The summed E-state index contributed by atoms with van der Waals surface area (Å²) in [5, 5.41) is 1.95. The Kier molecular flexibility index (Phi) is 6.61. The van der Waals surface area contributed by atoms with Crippen LogP contribution in [-0.4, -0.2) is 54.0 Å². The number of hydrogen-bond acceptors (Lipinski definition) is 6. The first-order valence-electron chi connectivity index (χ1n) is 9.96. The van der Waals surface area contributed by atoms with E-state index in [9.17, 15) is 4.79 Å². The molecule has 156 valence electrons. The number of hydrogen-bond donors (Lipinski definition) is 0. The van der Waals surface area contributed by atoms with E-state index in [2.05, 4.69) is 34.1 Å². The fourth-order valence-corrected chi connectivity index (χ4v) is 4.06. The number of amides is 1. The molecule has 1 aliphatic rings. The normalized spacial score (nSPS) is 14.5. The highest BCUT2D eigenvalue weighted by molar-refractivity contribution is 7.07. The zero-order valence-electron chi connectivity index (χ0n) is 17.0. The maximum atomic E-state index is 13.0. The minimum Gasteiger partial charge on any atom is -0.493 e. The highest BCUT2D eigenvalue weighted by atomic mass is 32.1. The first-order chi connectivity index (χ1) is 14.7. The molecule has 0 aliphatic carbocycles. The topological polar surface area (TPSA) is 54.9 Å². The summed E-state index contributed by atoms with van der Waals surface area (Å²) in [6.07, 6.45) is 0. The van der Waals surface area contributed by atoms with Crippen molar-refractivity contribution in [2.75, 3.05) is 33.3 Å². The molecule has 0 unspecified atom stereocenters. The van der Waals surface area contributed by atoms with Gasteiger partial charge in [0.1, 0.15) is 6.61 Å². The minimum atomic E-state index is 0.0266. The van der Waals surface area contributed by atoms with Gasteiger partial charge in [-0.15, -0.1) is 11.3 Å². The standard InChI is InChI=1S/C23H25N3O3S/c1-28-22-13-19(7-8-21(22)29-15-20-16-30-17-24-20)23(27)26-11-9-25(10-12-26)14-18-5-3-2-4-6-18/h2-8,13,16-17H,9-12,14-15H2,1H3. The number of methoxy groups -OCH3 is 1. The molecule has 1 amide bonds. The maximum absolute atomic E-state index is 13.0. The van der Waals surface area contributed by atoms with Crippen molar-refractivity contribution < 1.29 is 14.3 Å². The van der Waals surface area contributed by atoms with Crippen molar-refractivity contribution >= 4 is 17.2 Å². The average Bonchev–Trinajstić information content (AvgIpc) is 3.32. The Morgan fingerprint density at radius 2 is 1.87 bits per heavy atom. The summed E-state index contributed by atoms with van der Waals surface area (Å²) in [4.78, 5) is 21.5. The van der Waals surface area contributed by atoms with Crippen LogP contribution in [0, 0.1) is 0 Å². The van der Waals surface area contributed by atoms with Crippen LogP contribution >= 0.6 is 11.3 Å². The van der Waals surface area contributed by atoms with E-state index < -0.39 is 0 Å². The predicted octanol–water partition coefficient (Wildman–Crippen LogP) is 3.69. The molecular weight excluding hydrogens is 398 g/mol. The predicted molar refractivity (Wildman–Crippen MR) is 117 cm³/mol. The lowest BCUT2D eigenvalue weighted by molar-refractivity contribution is 0.0628. The molecule has 1 saturated heterocycles. The number of carbonyl (C=O) groups is 1. The van der Waals surface area contributed by atoms with Gasteiger partial charge in [-0.1, -0.05) is 30.3 Å². The lowest BCUT2D eigenvalue weighted by Crippen LogP contribution is -2.48. The number of rotatable bonds is 7. The average molecular weight is 424 g/mol. The lowest BCUT2D eigenvalue weighted by Gasteiger charge is -2.34. The number of benzene rings is 2. The van der Waals surface area contributed by atoms with Crippen molar-refractivity contribution in [1.82, 2.24) is 14.8 Å². The summed E-state index contributed by atoms with van der Waals surface area (Å²) < 4.78 is 11.3. The molecule has 0 spiro atoms. The molecule has 1 aliphatic heterocycles. The number of nitrogens with zero attached hydrogens (tertiary/aromatic N) is 3. The third-order valence-electron chi connectivity index (χ3n) is 5.18. The Hall–Kier alpha value is -2.90. The van der Waals surface area contributed by atoms with Gasteiger partial charge in [0.25, 0.3) is 5.91 Å². The molecule has 6 nitrogen and oxygen atoms in total. The van der Waals surface area contributed by atoms with Crippen LogP contribution < -0.4 is 9.47 Å². The highest BCUT2D eigenvalue weighted by Crippen LogP contribution is 2.29. The van der Waals surface area contributed by atoms with E-state index in [0.717, 1.165) is 38.4 Å². The Balaban J connectivity index is 1.35. The zero-order chi connectivity index (χ0) is 20.8. The van der Waals surface area contributed by atoms with Gasteiger partial charge in [-0.3, -0.25) is 9.69 Å². The molecular formula is C23H25N3O3S. The zero-order valence-corrected chi connectivity index (χ0v) is 17.8. The van der Waals surface area contributed by atoms with Crippen molar-refractivity contribution in [2.45, 2.75) is 13.2 Å². The highest BCUT2D eigenvalue weighted by Gasteiger charge is 2.23. The van der Waals surface area contributed by atoms with E-state index in [1.807, 2.05) is 16.3 Å². The van der Waals surface area contributed by atoms with Crippen LogP contribution in [0.5, 0.6) is 11.5 Å². The fourth-order valence-electron chi connectivity index (χ4n) is 3.51. The van der Waals surface area contributed by atoms with Gasteiger partial charge in [0.2, 0.25) is 0 Å². The molecule has 0 atom stereocenters. The largest absolute Gasteiger partial charge is 0.493 e. The molecule has 2 heterocycles. The van der Waals surface area contributed by atoms with Gasteiger partial charge in [0, 0.05) is 43.7 Å². The van der Waals surface area contributed by atoms with Crippen LogP contribution in [0.2, 0.25) is 0 Å². The summed E-state index contributed by atoms with van der Waals surface area (Å²) in [6, 6.07) is 15.8. The summed E-state index contributed by atoms with van der Waals surface area (Å²) in [5.41, 5.74) is 4.56. The van der Waals surface area contributed by atoms with Crippen LogP contribution in [0.1, 0.15) is 21.6 Å². The Morgan fingerprint density at radius 3 is 2.57 bits per heavy atom. The van der Waals surface area contributed by atoms with E-state index in [-0.39, 0.29) is 5.91 Å². The number of carbonyl (C=O) groups excluding carboxylic acids is 1. The molecule has 2 aromatic carbocycles. The van der Waals surface area contributed by atoms with E-state index in [0.29, 0.717) is 23.7 Å². The van der Waals surface area contributed by atoms with Gasteiger partial charge in [0.05, 0.1) is 18.3 Å². The number of ether oxygens (including phenoxy) is 2. The quantitative estimate of drug-likeness (QED) is 0.580. The third kappa shape index (κ3) is 4.98. The maximum Gasteiger partial charge on any atom is 0.254 e. The Bertz CT molecular complexity index is 955. The molecule has 4 rings (SSSR count). The summed E-state index contributed by atoms with van der Waals surface area (Å²) in [5.74, 6) is 1.19. The molecule has 0 radical (unpaired) electrons. The van der Waals surface area contributed by atoms with E-state index in [1.165, 1.54) is 16.9 Å². The lowest BCUT2D eigenvalue weighted by atomic mass is 10.1. The van der Waals surface area contributed by atoms with Gasteiger partial charge in [-0.2, -0.15) is 0 Å². The van der Waals surface area contributed by atoms with Crippen LogP contribution in [0.4, 0.5) is 0 Å². The van der Waals surface area contributed by atoms with Crippen LogP contribution in [0.3, 0.4) is 0 Å². The van der Waals surface area contributed by atoms with E-state index >= 15 is 0 Å². The summed E-state index contributed by atoms with van der Waals surface area (Å²) in [7, 11) is 1.58. The second kappa shape index (κ2) is 9.73. The summed E-state index contributed by atoms with van der Waals surface area (Å²) in [6.45, 7) is 4.46. The smallest absolute Gasteiger partial charge is 0.254 e. The molecule has 7 heteroatoms. The Morgan fingerprint density at radius 1 is 1.07 bits per heavy atom. The second-order valence-electron chi connectivity index (χ2n) is 7.19. The van der Waals surface area contributed by atoms with Gasteiger partial charge in [-0.05, 0) is 23.8 Å². The van der Waals surface area contributed by atoms with Crippen molar-refractivity contribution in [3.8, 4) is 11.5 Å². The molecule has 0 N–H and O–H groups in total. The van der Waals surface area contributed by atoms with Crippen molar-refractivity contribution in [3.63, 3.8) is 0 Å². The first-order valence-corrected chi connectivity index (χ1v) is 10.9. The monoisotopic (exact) mass is 423 g/mol. The van der Waals surface area contributed by atoms with Gasteiger partial charge in [0.15, 0.2) is 11.5 Å².